The number of nitrogens with zero attached hydrogens (tertiary/aromatic N) is 1. The van der Waals surface area contributed by atoms with E-state index in [2.05, 4.69) is 34.7 Å². The lowest BCUT2D eigenvalue weighted by molar-refractivity contribution is 0.407. The van der Waals surface area contributed by atoms with Crippen LogP contribution in [0.25, 0.3) is 0 Å². The maximum Gasteiger partial charge on any atom is 0.137 e. The lowest BCUT2D eigenvalue weighted by atomic mass is 9.89. The molecule has 2 atom stereocenters. The molecule has 3 N–H and O–H groups in total. The predicted molar refractivity (Wildman–Crippen MR) is 78.4 cm³/mol. The van der Waals surface area contributed by atoms with Gasteiger partial charge in [-0.15, -0.1) is 0 Å². The van der Waals surface area contributed by atoms with Crippen LogP contribution in [0.3, 0.4) is 0 Å². The van der Waals surface area contributed by atoms with Gasteiger partial charge in [0.05, 0.1) is 19.3 Å². The fraction of sp³-hybridized carbons (Fsp3) is 0.312. The lowest BCUT2D eigenvalue weighted by Crippen LogP contribution is -2.32. The summed E-state index contributed by atoms with van der Waals surface area (Å²) >= 11 is 0. The molecular weight excluding hydrogens is 250 g/mol. The zero-order valence-corrected chi connectivity index (χ0v) is 11.5. The van der Waals surface area contributed by atoms with E-state index in [0.29, 0.717) is 5.92 Å². The molecular formula is C16H19N3O. The van der Waals surface area contributed by atoms with Crippen LogP contribution in [-0.4, -0.2) is 12.1 Å². The third kappa shape index (κ3) is 2.28. The number of hydrogen-bond donors (Lipinski definition) is 2. The van der Waals surface area contributed by atoms with Crippen LogP contribution in [-0.2, 0) is 6.42 Å². The Morgan fingerprint density at radius 2 is 2.20 bits per heavy atom. The highest BCUT2D eigenvalue weighted by molar-refractivity contribution is 5.38. The number of aryl methyl sites for hydroxylation is 1. The fourth-order valence-electron chi connectivity index (χ4n) is 3.10. The first kappa shape index (κ1) is 13.1. The highest BCUT2D eigenvalue weighted by Gasteiger charge is 2.30. The predicted octanol–water partition coefficient (Wildman–Crippen LogP) is 2.32. The van der Waals surface area contributed by atoms with Gasteiger partial charge in [0.2, 0.25) is 0 Å². The van der Waals surface area contributed by atoms with E-state index in [-0.39, 0.29) is 6.04 Å². The standard InChI is InChI=1S/C16H19N3O/c1-20-13-8-12(9-18-10-13)16(19-17)15-7-6-11-4-2-3-5-14(11)15/h2-5,8-10,15-16,19H,6-7,17H2,1H3. The Morgan fingerprint density at radius 1 is 1.35 bits per heavy atom. The van der Waals surface area contributed by atoms with Crippen LogP contribution in [0, 0.1) is 0 Å². The quantitative estimate of drug-likeness (QED) is 0.660. The number of pyridine rings is 1. The van der Waals surface area contributed by atoms with Gasteiger partial charge in [0.25, 0.3) is 0 Å². The molecule has 4 nitrogen and oxygen atoms in total. The van der Waals surface area contributed by atoms with Gasteiger partial charge in [-0.1, -0.05) is 24.3 Å². The van der Waals surface area contributed by atoms with Gasteiger partial charge in [0.15, 0.2) is 0 Å². The van der Waals surface area contributed by atoms with Crippen LogP contribution in [0.4, 0.5) is 0 Å². The fourth-order valence-corrected chi connectivity index (χ4v) is 3.10. The Balaban J connectivity index is 1.95. The molecule has 0 saturated carbocycles. The number of benzene rings is 1. The molecule has 2 unspecified atom stereocenters. The van der Waals surface area contributed by atoms with Gasteiger partial charge < -0.3 is 4.74 Å². The highest BCUT2D eigenvalue weighted by Crippen LogP contribution is 2.41. The zero-order chi connectivity index (χ0) is 13.9. The van der Waals surface area contributed by atoms with E-state index >= 15 is 0 Å². The summed E-state index contributed by atoms with van der Waals surface area (Å²) in [5.41, 5.74) is 6.83. The second kappa shape index (κ2) is 5.61. The normalized spacial score (nSPS) is 18.6. The molecule has 0 fully saturated rings. The molecule has 1 aromatic heterocycles. The van der Waals surface area contributed by atoms with Gasteiger partial charge in [-0.25, -0.2) is 0 Å². The van der Waals surface area contributed by atoms with Gasteiger partial charge in [-0.3, -0.25) is 16.3 Å². The molecule has 1 aliphatic carbocycles. The van der Waals surface area contributed by atoms with E-state index in [1.165, 1.54) is 11.1 Å². The van der Waals surface area contributed by atoms with Crippen molar-refractivity contribution in [1.29, 1.82) is 0 Å². The van der Waals surface area contributed by atoms with Crippen molar-refractivity contribution in [2.24, 2.45) is 5.84 Å². The van der Waals surface area contributed by atoms with Crippen molar-refractivity contribution < 1.29 is 4.74 Å². The molecule has 1 aliphatic rings. The van der Waals surface area contributed by atoms with E-state index in [1.54, 1.807) is 13.3 Å². The Hall–Kier alpha value is -1.91. The number of nitrogens with two attached hydrogens (primary N) is 1. The number of methoxy groups -OCH3 is 1. The van der Waals surface area contributed by atoms with Crippen molar-refractivity contribution in [3.63, 3.8) is 0 Å². The van der Waals surface area contributed by atoms with Crippen LogP contribution >= 0.6 is 0 Å². The Bertz CT molecular complexity index is 600. The summed E-state index contributed by atoms with van der Waals surface area (Å²) in [6.07, 6.45) is 5.77. The van der Waals surface area contributed by atoms with Gasteiger partial charge in [-0.2, -0.15) is 0 Å². The zero-order valence-electron chi connectivity index (χ0n) is 11.5. The van der Waals surface area contributed by atoms with Crippen LogP contribution in [0.1, 0.15) is 35.1 Å². The number of ether oxygens (including phenoxy) is 1. The first-order valence-electron chi connectivity index (χ1n) is 6.86. The molecule has 1 aromatic carbocycles. The van der Waals surface area contributed by atoms with E-state index < -0.39 is 0 Å². The molecule has 0 saturated heterocycles. The van der Waals surface area contributed by atoms with E-state index in [4.69, 9.17) is 10.6 Å². The van der Waals surface area contributed by atoms with Crippen molar-refractivity contribution >= 4 is 0 Å². The Morgan fingerprint density at radius 3 is 3.00 bits per heavy atom. The minimum absolute atomic E-state index is 0.0567. The summed E-state index contributed by atoms with van der Waals surface area (Å²) in [5.74, 6) is 6.95. The van der Waals surface area contributed by atoms with Crippen molar-refractivity contribution in [2.75, 3.05) is 7.11 Å². The Kier molecular flexibility index (Phi) is 3.67. The summed E-state index contributed by atoms with van der Waals surface area (Å²) in [7, 11) is 1.65. The third-order valence-electron chi connectivity index (χ3n) is 4.09. The average molecular weight is 269 g/mol. The second-order valence-corrected chi connectivity index (χ2v) is 5.15. The van der Waals surface area contributed by atoms with Crippen LogP contribution in [0.15, 0.2) is 42.7 Å². The molecule has 104 valence electrons. The number of nitrogens with one attached hydrogen (secondary N) is 1. The summed E-state index contributed by atoms with van der Waals surface area (Å²) in [6, 6.07) is 10.6. The summed E-state index contributed by atoms with van der Waals surface area (Å²) in [5, 5.41) is 0. The number of rotatable bonds is 4. The number of fused-ring (bicyclic) bond motifs is 1. The van der Waals surface area contributed by atoms with Gasteiger partial charge in [0.1, 0.15) is 5.75 Å². The minimum Gasteiger partial charge on any atom is -0.495 e. The smallest absolute Gasteiger partial charge is 0.137 e. The molecule has 0 aliphatic heterocycles. The van der Waals surface area contributed by atoms with Crippen molar-refractivity contribution in [3.8, 4) is 5.75 Å². The number of aromatic nitrogens is 1. The molecule has 0 spiro atoms. The molecule has 4 heteroatoms. The molecule has 0 radical (unpaired) electrons. The largest absolute Gasteiger partial charge is 0.495 e. The maximum atomic E-state index is 5.81. The molecule has 0 bridgehead atoms. The second-order valence-electron chi connectivity index (χ2n) is 5.15. The lowest BCUT2D eigenvalue weighted by Gasteiger charge is -2.24. The SMILES string of the molecule is COc1cncc(C(NN)C2CCc3ccccc32)c1. The number of hydrazine groups is 1. The first-order chi connectivity index (χ1) is 9.83. The van der Waals surface area contributed by atoms with Gasteiger partial charge >= 0.3 is 0 Å². The average Bonchev–Trinajstić information content (AvgIpc) is 2.93. The van der Waals surface area contributed by atoms with E-state index in [1.807, 2.05) is 12.3 Å². The van der Waals surface area contributed by atoms with E-state index in [9.17, 15) is 0 Å². The molecule has 2 aromatic rings. The van der Waals surface area contributed by atoms with Crippen molar-refractivity contribution in [3.05, 3.63) is 59.4 Å². The molecule has 20 heavy (non-hydrogen) atoms. The number of hydrogen-bond acceptors (Lipinski definition) is 4. The van der Waals surface area contributed by atoms with Crippen molar-refractivity contribution in [1.82, 2.24) is 10.4 Å². The topological polar surface area (TPSA) is 60.2 Å². The van der Waals surface area contributed by atoms with Gasteiger partial charge in [0, 0.05) is 12.1 Å². The van der Waals surface area contributed by atoms with Crippen LogP contribution < -0.4 is 16.0 Å². The first-order valence-corrected chi connectivity index (χ1v) is 6.86. The van der Waals surface area contributed by atoms with Crippen LogP contribution in [0.5, 0.6) is 5.75 Å². The molecule has 1 heterocycles. The minimum atomic E-state index is 0.0567. The maximum absolute atomic E-state index is 5.81. The summed E-state index contributed by atoms with van der Waals surface area (Å²) in [6.45, 7) is 0. The van der Waals surface area contributed by atoms with E-state index in [0.717, 1.165) is 24.2 Å². The third-order valence-corrected chi connectivity index (χ3v) is 4.09. The Labute approximate surface area is 119 Å². The summed E-state index contributed by atoms with van der Waals surface area (Å²) in [4.78, 5) is 4.23. The molecule has 0 amide bonds. The molecule has 3 rings (SSSR count). The van der Waals surface area contributed by atoms with Crippen molar-refractivity contribution in [2.45, 2.75) is 24.8 Å². The summed E-state index contributed by atoms with van der Waals surface area (Å²) < 4.78 is 5.25. The highest BCUT2D eigenvalue weighted by atomic mass is 16.5. The van der Waals surface area contributed by atoms with Gasteiger partial charge in [-0.05, 0) is 35.6 Å². The van der Waals surface area contributed by atoms with Crippen LogP contribution in [0.2, 0.25) is 0 Å². The monoisotopic (exact) mass is 269 g/mol.